The van der Waals surface area contributed by atoms with Gasteiger partial charge in [-0.2, -0.15) is 0 Å². The van der Waals surface area contributed by atoms with Crippen molar-refractivity contribution in [3.05, 3.63) is 18.2 Å². The molecule has 16 heavy (non-hydrogen) atoms. The van der Waals surface area contributed by atoms with E-state index in [0.717, 1.165) is 0 Å². The minimum absolute atomic E-state index is 0.264. The van der Waals surface area contributed by atoms with Crippen LogP contribution in [0.3, 0.4) is 0 Å². The third-order valence-electron chi connectivity index (χ3n) is 1.99. The molecule has 1 aliphatic rings. The topological polar surface area (TPSA) is 30.5 Å². The van der Waals surface area contributed by atoms with Crippen molar-refractivity contribution in [1.29, 1.82) is 0 Å². The van der Waals surface area contributed by atoms with Crippen LogP contribution in [-0.2, 0) is 0 Å². The van der Waals surface area contributed by atoms with E-state index < -0.39 is 12.1 Å². The van der Waals surface area contributed by atoms with E-state index in [9.17, 15) is 13.2 Å². The molecule has 0 saturated carbocycles. The average molecular weight is 233 g/mol. The van der Waals surface area contributed by atoms with Crippen molar-refractivity contribution in [2.75, 3.05) is 5.32 Å². The lowest BCUT2D eigenvalue weighted by molar-refractivity contribution is -0.274. The number of alkyl halides is 3. The summed E-state index contributed by atoms with van der Waals surface area (Å²) < 4.78 is 45.1. The molecule has 1 aliphatic heterocycles. The predicted molar refractivity (Wildman–Crippen MR) is 51.5 cm³/mol. The first-order valence-corrected chi connectivity index (χ1v) is 4.62. The molecular formula is C10H10F3NO2. The Morgan fingerprint density at radius 2 is 2.00 bits per heavy atom. The Morgan fingerprint density at radius 1 is 1.31 bits per heavy atom. The molecule has 0 bridgehead atoms. The van der Waals surface area contributed by atoms with Crippen LogP contribution in [0.15, 0.2) is 18.2 Å². The quantitative estimate of drug-likeness (QED) is 0.808. The first kappa shape index (κ1) is 10.9. The van der Waals surface area contributed by atoms with Crippen LogP contribution in [0.1, 0.15) is 13.8 Å². The Kier molecular flexibility index (Phi) is 2.18. The second-order valence-electron chi connectivity index (χ2n) is 3.94. The average Bonchev–Trinajstić information content (AvgIpc) is 2.34. The number of benzene rings is 1. The zero-order chi connectivity index (χ0) is 12.0. The molecule has 0 spiro atoms. The lowest BCUT2D eigenvalue weighted by atomic mass is 10.2. The van der Waals surface area contributed by atoms with Crippen molar-refractivity contribution in [3.8, 4) is 11.5 Å². The molecule has 6 heteroatoms. The summed E-state index contributed by atoms with van der Waals surface area (Å²) in [4.78, 5) is 0. The third-order valence-corrected chi connectivity index (χ3v) is 1.99. The number of ether oxygens (including phenoxy) is 2. The summed E-state index contributed by atoms with van der Waals surface area (Å²) >= 11 is 0. The zero-order valence-electron chi connectivity index (χ0n) is 8.68. The number of hydrogen-bond acceptors (Lipinski definition) is 3. The molecule has 1 heterocycles. The smallest absolute Gasteiger partial charge is 0.467 e. The first-order valence-electron chi connectivity index (χ1n) is 4.62. The number of halogens is 3. The molecule has 0 unspecified atom stereocenters. The Balaban J connectivity index is 2.23. The maximum absolute atomic E-state index is 12.0. The van der Waals surface area contributed by atoms with Gasteiger partial charge in [-0.05, 0) is 26.0 Å². The molecule has 0 amide bonds. The van der Waals surface area contributed by atoms with Crippen LogP contribution in [0, 0.1) is 0 Å². The van der Waals surface area contributed by atoms with E-state index >= 15 is 0 Å². The monoisotopic (exact) mass is 233 g/mol. The fourth-order valence-corrected chi connectivity index (χ4v) is 1.52. The van der Waals surface area contributed by atoms with Crippen LogP contribution in [0.25, 0.3) is 0 Å². The second kappa shape index (κ2) is 3.20. The van der Waals surface area contributed by atoms with Gasteiger partial charge in [0.15, 0.2) is 5.72 Å². The molecule has 0 aliphatic carbocycles. The summed E-state index contributed by atoms with van der Waals surface area (Å²) in [5.74, 6) is 0.250. The van der Waals surface area contributed by atoms with Crippen molar-refractivity contribution in [3.63, 3.8) is 0 Å². The van der Waals surface area contributed by atoms with Gasteiger partial charge in [-0.25, -0.2) is 0 Å². The van der Waals surface area contributed by atoms with Crippen molar-refractivity contribution < 1.29 is 22.6 Å². The lowest BCUT2D eigenvalue weighted by Crippen LogP contribution is -2.31. The van der Waals surface area contributed by atoms with Crippen LogP contribution in [-0.4, -0.2) is 12.1 Å². The minimum atomic E-state index is -4.68. The zero-order valence-corrected chi connectivity index (χ0v) is 8.68. The van der Waals surface area contributed by atoms with Gasteiger partial charge in [0.25, 0.3) is 0 Å². The summed E-state index contributed by atoms with van der Waals surface area (Å²) in [5.41, 5.74) is -0.120. The standard InChI is InChI=1S/C10H10F3NO2/c1-9(2)14-7-5-6(15-10(11,12)13)3-4-8(7)16-9/h3-5,14H,1-2H3. The fourth-order valence-electron chi connectivity index (χ4n) is 1.52. The molecule has 1 aromatic rings. The van der Waals surface area contributed by atoms with Crippen molar-refractivity contribution in [2.24, 2.45) is 0 Å². The highest BCUT2D eigenvalue weighted by molar-refractivity contribution is 5.63. The molecular weight excluding hydrogens is 223 g/mol. The molecule has 0 aromatic heterocycles. The van der Waals surface area contributed by atoms with E-state index in [0.29, 0.717) is 11.4 Å². The summed E-state index contributed by atoms with van der Waals surface area (Å²) in [7, 11) is 0. The molecule has 0 radical (unpaired) electrons. The molecule has 1 aromatic carbocycles. The molecule has 2 rings (SSSR count). The number of fused-ring (bicyclic) bond motifs is 1. The lowest BCUT2D eigenvalue weighted by Gasteiger charge is -2.17. The Hall–Kier alpha value is -1.59. The highest BCUT2D eigenvalue weighted by Crippen LogP contribution is 2.39. The maximum Gasteiger partial charge on any atom is 0.573 e. The van der Waals surface area contributed by atoms with Gasteiger partial charge >= 0.3 is 6.36 Å². The summed E-state index contributed by atoms with van der Waals surface area (Å²) in [6.45, 7) is 3.55. The summed E-state index contributed by atoms with van der Waals surface area (Å²) in [5, 5.41) is 2.93. The Bertz CT molecular complexity index is 415. The van der Waals surface area contributed by atoms with Crippen LogP contribution in [0.5, 0.6) is 11.5 Å². The number of hydrogen-bond donors (Lipinski definition) is 1. The van der Waals surface area contributed by atoms with Crippen LogP contribution < -0.4 is 14.8 Å². The van der Waals surface area contributed by atoms with Gasteiger partial charge in [-0.1, -0.05) is 0 Å². The largest absolute Gasteiger partial charge is 0.573 e. The Labute approximate surface area is 90.2 Å². The molecule has 0 atom stereocenters. The van der Waals surface area contributed by atoms with E-state index in [1.165, 1.54) is 18.2 Å². The van der Waals surface area contributed by atoms with E-state index in [1.807, 2.05) is 0 Å². The van der Waals surface area contributed by atoms with E-state index in [-0.39, 0.29) is 5.75 Å². The van der Waals surface area contributed by atoms with Crippen LogP contribution in [0.2, 0.25) is 0 Å². The SMILES string of the molecule is CC1(C)Nc2cc(OC(F)(F)F)ccc2O1. The van der Waals surface area contributed by atoms with Gasteiger partial charge in [0.2, 0.25) is 0 Å². The van der Waals surface area contributed by atoms with Gasteiger partial charge in [-0.15, -0.1) is 13.2 Å². The molecule has 1 N–H and O–H groups in total. The second-order valence-corrected chi connectivity index (χ2v) is 3.94. The van der Waals surface area contributed by atoms with Crippen LogP contribution >= 0.6 is 0 Å². The van der Waals surface area contributed by atoms with E-state index in [1.54, 1.807) is 13.8 Å². The van der Waals surface area contributed by atoms with E-state index in [4.69, 9.17) is 4.74 Å². The fraction of sp³-hybridized carbons (Fsp3) is 0.400. The highest BCUT2D eigenvalue weighted by Gasteiger charge is 2.33. The van der Waals surface area contributed by atoms with E-state index in [2.05, 4.69) is 10.1 Å². The van der Waals surface area contributed by atoms with Gasteiger partial charge in [0, 0.05) is 6.07 Å². The number of rotatable bonds is 1. The molecule has 3 nitrogen and oxygen atoms in total. The predicted octanol–water partition coefficient (Wildman–Crippen LogP) is 3.13. The molecule has 0 fully saturated rings. The molecule has 0 saturated heterocycles. The number of nitrogens with one attached hydrogen (secondary N) is 1. The highest BCUT2D eigenvalue weighted by atomic mass is 19.4. The first-order chi connectivity index (χ1) is 7.25. The minimum Gasteiger partial charge on any atom is -0.467 e. The normalized spacial score (nSPS) is 17.3. The third kappa shape index (κ3) is 2.32. The maximum atomic E-state index is 12.0. The van der Waals surface area contributed by atoms with Gasteiger partial charge in [0.05, 0.1) is 5.69 Å². The van der Waals surface area contributed by atoms with Gasteiger partial charge < -0.3 is 14.8 Å². The summed E-state index contributed by atoms with van der Waals surface area (Å²) in [6.07, 6.45) is -4.68. The van der Waals surface area contributed by atoms with Crippen molar-refractivity contribution in [2.45, 2.75) is 25.9 Å². The summed E-state index contributed by atoms with van der Waals surface area (Å²) in [6, 6.07) is 3.92. The Morgan fingerprint density at radius 3 is 2.62 bits per heavy atom. The van der Waals surface area contributed by atoms with Crippen molar-refractivity contribution in [1.82, 2.24) is 0 Å². The van der Waals surface area contributed by atoms with Crippen LogP contribution in [0.4, 0.5) is 18.9 Å². The van der Waals surface area contributed by atoms with Crippen molar-refractivity contribution >= 4 is 5.69 Å². The number of anilines is 1. The van der Waals surface area contributed by atoms with Gasteiger partial charge in [0.1, 0.15) is 11.5 Å². The molecule has 88 valence electrons. The van der Waals surface area contributed by atoms with Gasteiger partial charge in [-0.3, -0.25) is 0 Å².